The molecule has 0 amide bonds. The number of carboxylic acids is 1. The molecule has 13 heteroatoms. The minimum atomic E-state index is -1.00. The number of nitro groups is 1. The highest BCUT2D eigenvalue weighted by molar-refractivity contribution is 5.92. The standard InChI is InChI=1S/C25H36N4O9/c1-18(30)37-19(12-13-22(31)32)17-36-23(33)11-9-7-5-3-2-4-6-8-10-14-26-25-20-15-28-38-24(20)21(16-27-25)29(34)35/h15-16,19H,2-14,17H2,1H3,(H,26,27)(H,31,32). The molecule has 0 aromatic carbocycles. The first-order valence-electron chi connectivity index (χ1n) is 12.9. The van der Waals surface area contributed by atoms with E-state index < -0.39 is 23.0 Å². The van der Waals surface area contributed by atoms with Crippen molar-refractivity contribution in [2.75, 3.05) is 18.5 Å². The molecular formula is C25H36N4O9. The van der Waals surface area contributed by atoms with Crippen LogP contribution in [0, 0.1) is 10.1 Å². The third-order valence-electron chi connectivity index (χ3n) is 5.86. The SMILES string of the molecule is CC(=O)OC(CCC(=O)O)COC(=O)CCCCCCCCCCCNc1ncc([N+](=O)[O-])c2oncc12. The predicted octanol–water partition coefficient (Wildman–Crippen LogP) is 4.78. The average Bonchev–Trinajstić information content (AvgIpc) is 3.36. The number of esters is 2. The monoisotopic (exact) mass is 536 g/mol. The van der Waals surface area contributed by atoms with Crippen LogP contribution in [0.3, 0.4) is 0 Å². The smallest absolute Gasteiger partial charge is 0.333 e. The highest BCUT2D eigenvalue weighted by atomic mass is 16.6. The number of nitrogens with one attached hydrogen (secondary N) is 1. The molecule has 2 N–H and O–H groups in total. The number of unbranched alkanes of at least 4 members (excludes halogenated alkanes) is 8. The van der Waals surface area contributed by atoms with E-state index in [4.69, 9.17) is 19.1 Å². The third-order valence-corrected chi connectivity index (χ3v) is 5.86. The molecule has 2 aromatic heterocycles. The van der Waals surface area contributed by atoms with Crippen molar-refractivity contribution in [2.45, 2.75) is 90.1 Å². The molecule has 0 bridgehead atoms. The van der Waals surface area contributed by atoms with Crippen molar-refractivity contribution in [3.8, 4) is 0 Å². The first kappa shape index (κ1) is 30.5. The maximum atomic E-state index is 11.9. The van der Waals surface area contributed by atoms with Crippen LogP contribution in [-0.4, -0.2) is 57.3 Å². The molecule has 210 valence electrons. The van der Waals surface area contributed by atoms with Gasteiger partial charge in [-0.15, -0.1) is 0 Å². The van der Waals surface area contributed by atoms with Crippen LogP contribution in [-0.2, 0) is 23.9 Å². The largest absolute Gasteiger partial charge is 0.481 e. The number of aliphatic carboxylic acids is 1. The van der Waals surface area contributed by atoms with Crippen molar-refractivity contribution in [3.63, 3.8) is 0 Å². The van der Waals surface area contributed by atoms with Crippen LogP contribution < -0.4 is 5.32 Å². The van der Waals surface area contributed by atoms with E-state index in [0.29, 0.717) is 24.2 Å². The molecule has 0 spiro atoms. The van der Waals surface area contributed by atoms with Crippen LogP contribution in [0.1, 0.15) is 84.0 Å². The summed E-state index contributed by atoms with van der Waals surface area (Å²) in [5, 5.41) is 27.1. The van der Waals surface area contributed by atoms with Gasteiger partial charge in [0.2, 0.25) is 5.58 Å². The quantitative estimate of drug-likeness (QED) is 0.102. The summed E-state index contributed by atoms with van der Waals surface area (Å²) in [4.78, 5) is 48.3. The van der Waals surface area contributed by atoms with Crippen LogP contribution in [0.2, 0.25) is 0 Å². The van der Waals surface area contributed by atoms with Gasteiger partial charge < -0.3 is 24.4 Å². The van der Waals surface area contributed by atoms with Gasteiger partial charge in [0, 0.05) is 26.3 Å². The molecule has 1 unspecified atom stereocenters. The summed E-state index contributed by atoms with van der Waals surface area (Å²) in [7, 11) is 0. The van der Waals surface area contributed by atoms with E-state index in [1.807, 2.05) is 0 Å². The number of carbonyl (C=O) groups is 3. The van der Waals surface area contributed by atoms with E-state index in [-0.39, 0.29) is 43.1 Å². The lowest BCUT2D eigenvalue weighted by atomic mass is 10.1. The van der Waals surface area contributed by atoms with Crippen LogP contribution in [0.4, 0.5) is 11.5 Å². The second-order valence-electron chi connectivity index (χ2n) is 9.02. The van der Waals surface area contributed by atoms with Gasteiger partial charge in [0.1, 0.15) is 24.7 Å². The number of fused-ring (bicyclic) bond motifs is 1. The number of carbonyl (C=O) groups excluding carboxylic acids is 2. The van der Waals surface area contributed by atoms with Gasteiger partial charge in [-0.1, -0.05) is 50.1 Å². The van der Waals surface area contributed by atoms with Crippen LogP contribution in [0.15, 0.2) is 16.9 Å². The van der Waals surface area contributed by atoms with Crippen LogP contribution >= 0.6 is 0 Å². The number of anilines is 1. The molecular weight excluding hydrogens is 500 g/mol. The molecule has 0 aliphatic carbocycles. The second kappa shape index (κ2) is 16.9. The molecule has 2 aromatic rings. The van der Waals surface area contributed by atoms with Crippen molar-refractivity contribution in [1.29, 1.82) is 0 Å². The molecule has 2 heterocycles. The molecule has 2 rings (SSSR count). The Hall–Kier alpha value is -3.77. The fourth-order valence-electron chi connectivity index (χ4n) is 3.91. The summed E-state index contributed by atoms with van der Waals surface area (Å²) in [5.41, 5.74) is -0.0902. The number of nitrogens with zero attached hydrogens (tertiary/aromatic N) is 3. The van der Waals surface area contributed by atoms with E-state index >= 15 is 0 Å². The molecule has 38 heavy (non-hydrogen) atoms. The topological polar surface area (TPSA) is 184 Å². The fourth-order valence-corrected chi connectivity index (χ4v) is 3.91. The number of aromatic nitrogens is 2. The van der Waals surface area contributed by atoms with Gasteiger partial charge in [-0.2, -0.15) is 0 Å². The Bertz CT molecular complexity index is 1060. The second-order valence-corrected chi connectivity index (χ2v) is 9.02. The number of carboxylic acid groups (broad SMARTS) is 1. The number of ether oxygens (including phenoxy) is 2. The first-order chi connectivity index (χ1) is 18.3. The lowest BCUT2D eigenvalue weighted by Gasteiger charge is -2.16. The van der Waals surface area contributed by atoms with E-state index in [2.05, 4.69) is 15.5 Å². The maximum absolute atomic E-state index is 11.9. The summed E-state index contributed by atoms with van der Waals surface area (Å²) in [6, 6.07) is 0. The van der Waals surface area contributed by atoms with Crippen molar-refractivity contribution < 1.29 is 38.4 Å². The average molecular weight is 537 g/mol. The first-order valence-corrected chi connectivity index (χ1v) is 12.9. The molecule has 0 aliphatic heterocycles. The molecule has 1 atom stereocenters. The predicted molar refractivity (Wildman–Crippen MR) is 137 cm³/mol. The minimum absolute atomic E-state index is 0.0994. The highest BCUT2D eigenvalue weighted by Gasteiger charge is 2.20. The zero-order valence-electron chi connectivity index (χ0n) is 21.7. The van der Waals surface area contributed by atoms with Gasteiger partial charge in [0.15, 0.2) is 0 Å². The van der Waals surface area contributed by atoms with Crippen molar-refractivity contribution >= 4 is 40.4 Å². The minimum Gasteiger partial charge on any atom is -0.481 e. The maximum Gasteiger partial charge on any atom is 0.333 e. The van der Waals surface area contributed by atoms with Gasteiger partial charge in [-0.3, -0.25) is 24.5 Å². The number of hydrogen-bond acceptors (Lipinski definition) is 11. The van der Waals surface area contributed by atoms with Crippen molar-refractivity contribution in [2.24, 2.45) is 0 Å². The lowest BCUT2D eigenvalue weighted by Crippen LogP contribution is -2.25. The normalized spacial score (nSPS) is 11.7. The molecule has 0 aliphatic rings. The summed E-state index contributed by atoms with van der Waals surface area (Å²) >= 11 is 0. The zero-order valence-corrected chi connectivity index (χ0v) is 21.7. The zero-order chi connectivity index (χ0) is 27.8. The van der Waals surface area contributed by atoms with Crippen LogP contribution in [0.25, 0.3) is 11.0 Å². The van der Waals surface area contributed by atoms with E-state index in [1.165, 1.54) is 19.3 Å². The number of rotatable bonds is 20. The Kier molecular flexibility index (Phi) is 13.5. The van der Waals surface area contributed by atoms with Crippen molar-refractivity contribution in [3.05, 3.63) is 22.5 Å². The summed E-state index contributed by atoms with van der Waals surface area (Å²) in [5.74, 6) is -1.39. The highest BCUT2D eigenvalue weighted by Crippen LogP contribution is 2.29. The number of pyridine rings is 1. The molecule has 0 saturated carbocycles. The van der Waals surface area contributed by atoms with Crippen LogP contribution in [0.5, 0.6) is 0 Å². The summed E-state index contributed by atoms with van der Waals surface area (Å²) in [6.45, 7) is 1.80. The van der Waals surface area contributed by atoms with E-state index in [1.54, 1.807) is 0 Å². The van der Waals surface area contributed by atoms with Gasteiger partial charge in [-0.05, 0) is 19.3 Å². The third kappa shape index (κ3) is 11.5. The van der Waals surface area contributed by atoms with E-state index in [0.717, 1.165) is 51.4 Å². The Morgan fingerprint density at radius 3 is 2.34 bits per heavy atom. The molecule has 0 radical (unpaired) electrons. The van der Waals surface area contributed by atoms with Gasteiger partial charge in [0.05, 0.1) is 16.5 Å². The Morgan fingerprint density at radius 1 is 1.05 bits per heavy atom. The summed E-state index contributed by atoms with van der Waals surface area (Å²) in [6.07, 6.45) is 11.2. The lowest BCUT2D eigenvalue weighted by molar-refractivity contribution is -0.384. The Balaban J connectivity index is 1.46. The van der Waals surface area contributed by atoms with Crippen molar-refractivity contribution in [1.82, 2.24) is 10.1 Å². The summed E-state index contributed by atoms with van der Waals surface area (Å²) < 4.78 is 15.1. The van der Waals surface area contributed by atoms with Gasteiger partial charge in [0.25, 0.3) is 0 Å². The molecule has 0 saturated heterocycles. The number of hydrogen-bond donors (Lipinski definition) is 2. The molecule has 13 nitrogen and oxygen atoms in total. The van der Waals surface area contributed by atoms with Gasteiger partial charge >= 0.3 is 23.6 Å². The fraction of sp³-hybridized carbons (Fsp3) is 0.640. The van der Waals surface area contributed by atoms with Gasteiger partial charge in [-0.25, -0.2) is 4.98 Å². The Morgan fingerprint density at radius 2 is 1.71 bits per heavy atom. The molecule has 0 fully saturated rings. The Labute approximate surface area is 220 Å². The van der Waals surface area contributed by atoms with E-state index in [9.17, 15) is 24.5 Å².